The lowest BCUT2D eigenvalue weighted by molar-refractivity contribution is 0.0697. The molecule has 3 aromatic carbocycles. The Kier molecular flexibility index (Phi) is 3.75. The van der Waals surface area contributed by atoms with Gasteiger partial charge in [-0.1, -0.05) is 48.0 Å². The summed E-state index contributed by atoms with van der Waals surface area (Å²) in [6.07, 6.45) is 0. The second-order valence-corrected chi connectivity index (χ2v) is 6.11. The molecule has 4 rings (SSSR count). The van der Waals surface area contributed by atoms with Gasteiger partial charge in [0.2, 0.25) is 0 Å². The Bertz CT molecular complexity index is 1050. The van der Waals surface area contributed by atoms with Crippen LogP contribution in [0.5, 0.6) is 0 Å². The molecule has 0 spiro atoms. The molecule has 4 aromatic rings. The molecule has 0 fully saturated rings. The van der Waals surface area contributed by atoms with Crippen LogP contribution in [0.1, 0.15) is 10.4 Å². The van der Waals surface area contributed by atoms with Gasteiger partial charge in [0.1, 0.15) is 5.82 Å². The Hall–Kier alpha value is -3.11. The normalized spacial score (nSPS) is 10.9. The van der Waals surface area contributed by atoms with E-state index in [1.807, 2.05) is 48.5 Å². The molecule has 0 amide bonds. The highest BCUT2D eigenvalue weighted by molar-refractivity contribution is 6.31. The van der Waals surface area contributed by atoms with Crippen molar-refractivity contribution in [2.24, 2.45) is 0 Å². The number of hydrogen-bond donors (Lipinski definition) is 2. The van der Waals surface area contributed by atoms with Crippen LogP contribution in [0.2, 0.25) is 5.02 Å². The molecule has 0 aliphatic rings. The first-order chi connectivity index (χ1) is 12.1. The molecule has 122 valence electrons. The van der Waals surface area contributed by atoms with E-state index in [0.29, 0.717) is 10.6 Å². The second-order valence-electron chi connectivity index (χ2n) is 5.67. The van der Waals surface area contributed by atoms with E-state index in [-0.39, 0.29) is 5.56 Å². The number of imidazole rings is 1. The number of carboxylic acids is 1. The molecule has 4 nitrogen and oxygen atoms in total. The summed E-state index contributed by atoms with van der Waals surface area (Å²) in [5.74, 6) is -0.203. The lowest BCUT2D eigenvalue weighted by Crippen LogP contribution is -1.99. The highest BCUT2D eigenvalue weighted by Gasteiger charge is 2.13. The molecule has 1 aromatic heterocycles. The van der Waals surface area contributed by atoms with Crippen molar-refractivity contribution >= 4 is 28.6 Å². The van der Waals surface area contributed by atoms with E-state index in [2.05, 4.69) is 9.97 Å². The zero-order chi connectivity index (χ0) is 17.4. The zero-order valence-electron chi connectivity index (χ0n) is 13.0. The number of fused-ring (bicyclic) bond motifs is 1. The van der Waals surface area contributed by atoms with Gasteiger partial charge in [0.25, 0.3) is 0 Å². The molecule has 0 aliphatic heterocycles. The summed E-state index contributed by atoms with van der Waals surface area (Å²) in [5, 5.41) is 9.87. The maximum atomic E-state index is 11.4. The van der Waals surface area contributed by atoms with Gasteiger partial charge in [0.05, 0.1) is 16.6 Å². The summed E-state index contributed by atoms with van der Waals surface area (Å²) in [5.41, 5.74) is 4.42. The molecule has 1 heterocycles. The smallest absolute Gasteiger partial charge is 0.336 e. The quantitative estimate of drug-likeness (QED) is 0.531. The monoisotopic (exact) mass is 348 g/mol. The highest BCUT2D eigenvalue weighted by Crippen LogP contribution is 2.29. The first kappa shape index (κ1) is 15.4. The molecule has 5 heteroatoms. The number of nitrogens with zero attached hydrogens (tertiary/aromatic N) is 1. The Morgan fingerprint density at radius 1 is 0.960 bits per heavy atom. The number of nitrogens with one attached hydrogen (secondary N) is 1. The number of carboxylic acid groups (broad SMARTS) is 1. The summed E-state index contributed by atoms with van der Waals surface area (Å²) in [6, 6.07) is 20.2. The lowest BCUT2D eigenvalue weighted by atomic mass is 9.98. The van der Waals surface area contributed by atoms with Crippen LogP contribution in [-0.4, -0.2) is 21.0 Å². The summed E-state index contributed by atoms with van der Waals surface area (Å²) < 4.78 is 0. The van der Waals surface area contributed by atoms with Gasteiger partial charge >= 0.3 is 5.97 Å². The minimum absolute atomic E-state index is 0.223. The van der Waals surface area contributed by atoms with E-state index >= 15 is 0 Å². The number of halogens is 1. The summed E-state index contributed by atoms with van der Waals surface area (Å²) in [6.45, 7) is 0. The molecule has 0 unspecified atom stereocenters. The van der Waals surface area contributed by atoms with Crippen LogP contribution in [0.3, 0.4) is 0 Å². The summed E-state index contributed by atoms with van der Waals surface area (Å²) >= 11 is 6.04. The number of para-hydroxylation sites is 2. The van der Waals surface area contributed by atoms with Gasteiger partial charge in [-0.05, 0) is 41.5 Å². The maximum absolute atomic E-state index is 11.4. The molecule has 25 heavy (non-hydrogen) atoms. The van der Waals surface area contributed by atoms with Crippen LogP contribution < -0.4 is 0 Å². The van der Waals surface area contributed by atoms with Crippen LogP contribution in [0, 0.1) is 0 Å². The molecule has 0 atom stereocenters. The minimum Gasteiger partial charge on any atom is -0.478 e. The van der Waals surface area contributed by atoms with E-state index in [0.717, 1.165) is 28.0 Å². The van der Waals surface area contributed by atoms with E-state index < -0.39 is 5.97 Å². The fraction of sp³-hybridized carbons (Fsp3) is 0. The predicted octanol–water partition coefficient (Wildman–Crippen LogP) is 5.25. The van der Waals surface area contributed by atoms with Crippen LogP contribution in [0.4, 0.5) is 0 Å². The van der Waals surface area contributed by atoms with Gasteiger partial charge in [-0.15, -0.1) is 0 Å². The molecule has 2 N–H and O–H groups in total. The van der Waals surface area contributed by atoms with Crippen LogP contribution in [-0.2, 0) is 0 Å². The third kappa shape index (κ3) is 2.88. The average Bonchev–Trinajstić information content (AvgIpc) is 3.05. The summed E-state index contributed by atoms with van der Waals surface area (Å²) in [7, 11) is 0. The summed E-state index contributed by atoms with van der Waals surface area (Å²) in [4.78, 5) is 19.3. The first-order valence-electron chi connectivity index (χ1n) is 7.70. The van der Waals surface area contributed by atoms with Crippen molar-refractivity contribution in [2.75, 3.05) is 0 Å². The van der Waals surface area contributed by atoms with Crippen LogP contribution in [0.25, 0.3) is 33.5 Å². The molecule has 0 saturated carbocycles. The first-order valence-corrected chi connectivity index (χ1v) is 8.08. The fourth-order valence-electron chi connectivity index (χ4n) is 2.84. The van der Waals surface area contributed by atoms with E-state index in [9.17, 15) is 9.90 Å². The number of aromatic carboxylic acids is 1. The zero-order valence-corrected chi connectivity index (χ0v) is 13.8. The highest BCUT2D eigenvalue weighted by atomic mass is 35.5. The van der Waals surface area contributed by atoms with Crippen molar-refractivity contribution in [3.8, 4) is 22.5 Å². The van der Waals surface area contributed by atoms with E-state index in [1.54, 1.807) is 12.1 Å². The number of rotatable bonds is 3. The number of H-pyrrole nitrogens is 1. The Morgan fingerprint density at radius 3 is 2.40 bits per heavy atom. The van der Waals surface area contributed by atoms with Crippen molar-refractivity contribution in [3.05, 3.63) is 77.3 Å². The molecule has 0 radical (unpaired) electrons. The molecular formula is C20H13ClN2O2. The van der Waals surface area contributed by atoms with Crippen molar-refractivity contribution in [3.63, 3.8) is 0 Å². The van der Waals surface area contributed by atoms with Gasteiger partial charge in [-0.25, -0.2) is 9.78 Å². The van der Waals surface area contributed by atoms with Gasteiger partial charge < -0.3 is 10.1 Å². The van der Waals surface area contributed by atoms with Crippen molar-refractivity contribution in [1.82, 2.24) is 9.97 Å². The van der Waals surface area contributed by atoms with Gasteiger partial charge in [-0.3, -0.25) is 0 Å². The SMILES string of the molecule is O=C(O)c1ccc(Cl)cc1-c1ccc(-c2nc3ccccc3[nH]2)cc1. The molecule has 0 saturated heterocycles. The number of benzene rings is 3. The predicted molar refractivity (Wildman–Crippen MR) is 98.9 cm³/mol. The van der Waals surface area contributed by atoms with E-state index in [4.69, 9.17) is 11.6 Å². The Labute approximate surface area is 148 Å². The third-order valence-electron chi connectivity index (χ3n) is 4.07. The van der Waals surface area contributed by atoms with Gasteiger partial charge in [-0.2, -0.15) is 0 Å². The van der Waals surface area contributed by atoms with Crippen LogP contribution in [0.15, 0.2) is 66.7 Å². The van der Waals surface area contributed by atoms with E-state index in [1.165, 1.54) is 6.07 Å². The van der Waals surface area contributed by atoms with Crippen molar-refractivity contribution < 1.29 is 9.90 Å². The maximum Gasteiger partial charge on any atom is 0.336 e. The minimum atomic E-state index is -0.979. The number of hydrogen-bond acceptors (Lipinski definition) is 2. The standard InChI is InChI=1S/C20H13ClN2O2/c21-14-9-10-15(20(24)25)16(11-14)12-5-7-13(8-6-12)19-22-17-3-1-2-4-18(17)23-19/h1-11H,(H,22,23)(H,24,25). The second kappa shape index (κ2) is 6.07. The number of aromatic nitrogens is 2. The van der Waals surface area contributed by atoms with Crippen LogP contribution >= 0.6 is 11.6 Å². The third-order valence-corrected chi connectivity index (χ3v) is 4.31. The lowest BCUT2D eigenvalue weighted by Gasteiger charge is -2.08. The topological polar surface area (TPSA) is 66.0 Å². The molecular weight excluding hydrogens is 336 g/mol. The fourth-order valence-corrected chi connectivity index (χ4v) is 3.01. The van der Waals surface area contributed by atoms with Crippen molar-refractivity contribution in [1.29, 1.82) is 0 Å². The average molecular weight is 349 g/mol. The Balaban J connectivity index is 1.75. The van der Waals surface area contributed by atoms with Gasteiger partial charge in [0, 0.05) is 10.6 Å². The molecule has 0 aliphatic carbocycles. The number of carbonyl (C=O) groups is 1. The van der Waals surface area contributed by atoms with Crippen molar-refractivity contribution in [2.45, 2.75) is 0 Å². The molecule has 0 bridgehead atoms. The largest absolute Gasteiger partial charge is 0.478 e. The van der Waals surface area contributed by atoms with Gasteiger partial charge in [0.15, 0.2) is 0 Å². The number of aromatic amines is 1. The Morgan fingerprint density at radius 2 is 1.68 bits per heavy atom.